The highest BCUT2D eigenvalue weighted by atomic mass is 79.9. The predicted octanol–water partition coefficient (Wildman–Crippen LogP) is 1.77. The summed E-state index contributed by atoms with van der Waals surface area (Å²) < 4.78 is 5.68. The monoisotopic (exact) mass is 354 g/mol. The molecule has 0 bridgehead atoms. The van der Waals surface area contributed by atoms with Gasteiger partial charge in [0, 0.05) is 37.8 Å². The van der Waals surface area contributed by atoms with E-state index < -0.39 is 0 Å². The average molecular weight is 355 g/mol. The second-order valence-corrected chi connectivity index (χ2v) is 5.79. The smallest absolute Gasteiger partial charge is 0.255 e. The second-order valence-electron chi connectivity index (χ2n) is 4.94. The van der Waals surface area contributed by atoms with Crippen molar-refractivity contribution < 1.29 is 14.3 Å². The first-order valence-corrected chi connectivity index (χ1v) is 7.73. The Morgan fingerprint density at radius 1 is 1.14 bits per heavy atom. The minimum absolute atomic E-state index is 0.00326. The number of rotatable bonds is 3. The zero-order valence-electron chi connectivity index (χ0n) is 12.0. The van der Waals surface area contributed by atoms with E-state index in [-0.39, 0.29) is 18.4 Å². The van der Waals surface area contributed by atoms with Crippen molar-refractivity contribution in [3.63, 3.8) is 0 Å². The Balaban J connectivity index is 2.01. The maximum atomic E-state index is 12.5. The highest BCUT2D eigenvalue weighted by molar-refractivity contribution is 9.10. The molecule has 0 saturated carbocycles. The van der Waals surface area contributed by atoms with E-state index in [0.29, 0.717) is 31.7 Å². The highest BCUT2D eigenvalue weighted by Crippen LogP contribution is 2.18. The van der Waals surface area contributed by atoms with Crippen molar-refractivity contribution in [1.29, 1.82) is 0 Å². The number of methoxy groups -OCH3 is 1. The molecule has 114 valence electrons. The van der Waals surface area contributed by atoms with Gasteiger partial charge >= 0.3 is 0 Å². The Kier molecular flexibility index (Phi) is 5.76. The molecule has 0 radical (unpaired) electrons. The molecule has 1 saturated heterocycles. The molecule has 0 aromatic heterocycles. The predicted molar refractivity (Wildman–Crippen MR) is 83.1 cm³/mol. The molecular formula is C15H19BrN2O3. The van der Waals surface area contributed by atoms with Crippen molar-refractivity contribution in [1.82, 2.24) is 9.80 Å². The van der Waals surface area contributed by atoms with Gasteiger partial charge in [-0.25, -0.2) is 0 Å². The number of halogens is 1. The minimum atomic E-state index is -0.0207. The summed E-state index contributed by atoms with van der Waals surface area (Å²) in [5.74, 6) is -0.0174. The van der Waals surface area contributed by atoms with Gasteiger partial charge in [0.15, 0.2) is 0 Å². The number of amides is 2. The van der Waals surface area contributed by atoms with Crippen LogP contribution in [0.3, 0.4) is 0 Å². The Morgan fingerprint density at radius 2 is 1.81 bits per heavy atom. The number of ether oxygens (including phenoxy) is 1. The lowest BCUT2D eigenvalue weighted by Gasteiger charge is -2.22. The third kappa shape index (κ3) is 4.04. The molecule has 1 aromatic carbocycles. The lowest BCUT2D eigenvalue weighted by molar-refractivity contribution is -0.135. The normalized spacial score (nSPS) is 15.7. The SMILES string of the molecule is COCC(=O)N1CCCN(C(=O)c2ccccc2Br)CC1. The number of hydrogen-bond acceptors (Lipinski definition) is 3. The van der Waals surface area contributed by atoms with E-state index in [1.165, 1.54) is 7.11 Å². The van der Waals surface area contributed by atoms with Crippen molar-refractivity contribution in [3.05, 3.63) is 34.3 Å². The van der Waals surface area contributed by atoms with Crippen LogP contribution in [0, 0.1) is 0 Å². The van der Waals surface area contributed by atoms with Crippen LogP contribution in [0.5, 0.6) is 0 Å². The van der Waals surface area contributed by atoms with Gasteiger partial charge < -0.3 is 14.5 Å². The van der Waals surface area contributed by atoms with Gasteiger partial charge in [-0.3, -0.25) is 9.59 Å². The van der Waals surface area contributed by atoms with Crippen LogP contribution in [0.1, 0.15) is 16.8 Å². The quantitative estimate of drug-likeness (QED) is 0.831. The lowest BCUT2D eigenvalue weighted by atomic mass is 10.2. The molecule has 1 aromatic rings. The van der Waals surface area contributed by atoms with Crippen molar-refractivity contribution in [2.45, 2.75) is 6.42 Å². The number of hydrogen-bond donors (Lipinski definition) is 0. The molecule has 1 heterocycles. The Hall–Kier alpha value is -1.40. The summed E-state index contributed by atoms with van der Waals surface area (Å²) in [5.41, 5.74) is 0.661. The van der Waals surface area contributed by atoms with E-state index >= 15 is 0 Å². The molecule has 1 fully saturated rings. The van der Waals surface area contributed by atoms with Crippen LogP contribution in [0.2, 0.25) is 0 Å². The van der Waals surface area contributed by atoms with E-state index in [0.717, 1.165) is 10.9 Å². The zero-order chi connectivity index (χ0) is 15.2. The van der Waals surface area contributed by atoms with Gasteiger partial charge in [0.2, 0.25) is 5.91 Å². The van der Waals surface area contributed by atoms with Crippen molar-refractivity contribution in [2.24, 2.45) is 0 Å². The van der Waals surface area contributed by atoms with Gasteiger partial charge in [-0.1, -0.05) is 12.1 Å². The van der Waals surface area contributed by atoms with E-state index in [1.807, 2.05) is 24.3 Å². The molecule has 2 rings (SSSR count). The van der Waals surface area contributed by atoms with Crippen LogP contribution >= 0.6 is 15.9 Å². The van der Waals surface area contributed by atoms with Crippen molar-refractivity contribution in [2.75, 3.05) is 39.9 Å². The van der Waals surface area contributed by atoms with Crippen LogP contribution in [-0.4, -0.2) is 61.5 Å². The van der Waals surface area contributed by atoms with Crippen molar-refractivity contribution >= 4 is 27.7 Å². The highest BCUT2D eigenvalue weighted by Gasteiger charge is 2.23. The topological polar surface area (TPSA) is 49.9 Å². The summed E-state index contributed by atoms with van der Waals surface area (Å²) in [6, 6.07) is 7.41. The van der Waals surface area contributed by atoms with E-state index in [1.54, 1.807) is 9.80 Å². The molecule has 0 N–H and O–H groups in total. The second kappa shape index (κ2) is 7.56. The van der Waals surface area contributed by atoms with Gasteiger partial charge in [-0.15, -0.1) is 0 Å². The van der Waals surface area contributed by atoms with Crippen LogP contribution in [0.25, 0.3) is 0 Å². The Morgan fingerprint density at radius 3 is 2.52 bits per heavy atom. The third-order valence-corrected chi connectivity index (χ3v) is 4.20. The molecule has 21 heavy (non-hydrogen) atoms. The molecule has 1 aliphatic heterocycles. The molecule has 2 amide bonds. The summed E-state index contributed by atoms with van der Waals surface area (Å²) in [6.45, 7) is 2.53. The number of carbonyl (C=O) groups is 2. The lowest BCUT2D eigenvalue weighted by Crippen LogP contribution is -2.38. The fourth-order valence-electron chi connectivity index (χ4n) is 2.39. The molecule has 0 aliphatic carbocycles. The number of carbonyl (C=O) groups excluding carboxylic acids is 2. The summed E-state index contributed by atoms with van der Waals surface area (Å²) in [6.07, 6.45) is 0.783. The summed E-state index contributed by atoms with van der Waals surface area (Å²) in [4.78, 5) is 28.0. The largest absolute Gasteiger partial charge is 0.375 e. The summed E-state index contributed by atoms with van der Waals surface area (Å²) in [7, 11) is 1.51. The van der Waals surface area contributed by atoms with Crippen LogP contribution in [-0.2, 0) is 9.53 Å². The van der Waals surface area contributed by atoms with E-state index in [4.69, 9.17) is 4.74 Å². The molecule has 0 atom stereocenters. The number of benzene rings is 1. The Bertz CT molecular complexity index is 521. The van der Waals surface area contributed by atoms with Gasteiger partial charge in [-0.2, -0.15) is 0 Å². The maximum absolute atomic E-state index is 12.5. The first-order chi connectivity index (χ1) is 10.1. The first kappa shape index (κ1) is 16.0. The van der Waals surface area contributed by atoms with Crippen LogP contribution in [0.15, 0.2) is 28.7 Å². The number of nitrogens with zero attached hydrogens (tertiary/aromatic N) is 2. The minimum Gasteiger partial charge on any atom is -0.375 e. The van der Waals surface area contributed by atoms with Gasteiger partial charge in [0.1, 0.15) is 6.61 Å². The third-order valence-electron chi connectivity index (χ3n) is 3.51. The van der Waals surface area contributed by atoms with E-state index in [9.17, 15) is 9.59 Å². The molecule has 0 spiro atoms. The molecular weight excluding hydrogens is 336 g/mol. The fourth-order valence-corrected chi connectivity index (χ4v) is 2.84. The molecule has 6 heteroatoms. The van der Waals surface area contributed by atoms with Gasteiger partial charge in [0.05, 0.1) is 5.56 Å². The zero-order valence-corrected chi connectivity index (χ0v) is 13.6. The van der Waals surface area contributed by atoms with E-state index in [2.05, 4.69) is 15.9 Å². The van der Waals surface area contributed by atoms with Crippen LogP contribution < -0.4 is 0 Å². The molecule has 1 aliphatic rings. The van der Waals surface area contributed by atoms with Crippen LogP contribution in [0.4, 0.5) is 0 Å². The average Bonchev–Trinajstić information content (AvgIpc) is 2.73. The van der Waals surface area contributed by atoms with Gasteiger partial charge in [0.25, 0.3) is 5.91 Å². The summed E-state index contributed by atoms with van der Waals surface area (Å²) >= 11 is 3.41. The fraction of sp³-hybridized carbons (Fsp3) is 0.467. The maximum Gasteiger partial charge on any atom is 0.255 e. The molecule has 5 nitrogen and oxygen atoms in total. The standard InChI is InChI=1S/C15H19BrN2O3/c1-21-11-14(19)17-7-4-8-18(10-9-17)15(20)12-5-2-3-6-13(12)16/h2-3,5-6H,4,7-11H2,1H3. The summed E-state index contributed by atoms with van der Waals surface area (Å²) in [5, 5.41) is 0. The molecule has 0 unspecified atom stereocenters. The van der Waals surface area contributed by atoms with Crippen molar-refractivity contribution in [3.8, 4) is 0 Å². The first-order valence-electron chi connectivity index (χ1n) is 6.94. The Labute approximate surface area is 133 Å². The van der Waals surface area contributed by atoms with Gasteiger partial charge in [-0.05, 0) is 34.5 Å².